The summed E-state index contributed by atoms with van der Waals surface area (Å²) in [7, 11) is 2.84. The van der Waals surface area contributed by atoms with Crippen LogP contribution < -0.4 is 16.0 Å². The van der Waals surface area contributed by atoms with E-state index in [0.29, 0.717) is 23.4 Å². The maximum Gasteiger partial charge on any atom is 0.334 e. The highest BCUT2D eigenvalue weighted by Crippen LogP contribution is 2.24. The molecule has 0 unspecified atom stereocenters. The van der Waals surface area contributed by atoms with Crippen LogP contribution in [0.2, 0.25) is 5.02 Å². The lowest BCUT2D eigenvalue weighted by Gasteiger charge is -2.34. The highest BCUT2D eigenvalue weighted by Gasteiger charge is 2.39. The molecule has 0 saturated carbocycles. The number of allylic oxidation sites excluding steroid dienone is 2. The zero-order valence-corrected chi connectivity index (χ0v) is 38.4. The SMILES string of the molecule is C/C=C(\C)[C@H]1OC(=O)C(C)(C)NC(=O)[C@H]([C@H](C)CC)NC(=O)CN(C)C(=O)[C@@H](Cc2ccc(Cl)cc2)N(C)C(=O)[C@H](C)NC(=O)[C@@H](CC(C)C)OC(=O)/C(C)=C/C[CH][C@@H]1C. The van der Waals surface area contributed by atoms with Gasteiger partial charge in [-0.25, -0.2) is 9.59 Å². The van der Waals surface area contributed by atoms with Gasteiger partial charge >= 0.3 is 11.9 Å². The number of likely N-dealkylation sites (N-methyl/N-ethyl adjacent to an activating group) is 2. The minimum absolute atomic E-state index is 0.0395. The summed E-state index contributed by atoms with van der Waals surface area (Å²) < 4.78 is 11.7. The van der Waals surface area contributed by atoms with E-state index in [1.54, 1.807) is 44.2 Å². The first-order valence-electron chi connectivity index (χ1n) is 20.7. The van der Waals surface area contributed by atoms with Crippen molar-refractivity contribution in [1.82, 2.24) is 25.8 Å². The molecule has 0 aromatic heterocycles. The van der Waals surface area contributed by atoms with Gasteiger partial charge in [0.1, 0.15) is 29.8 Å². The fourth-order valence-corrected chi connectivity index (χ4v) is 6.66. The molecule has 1 heterocycles. The zero-order valence-electron chi connectivity index (χ0n) is 37.6. The monoisotopic (exact) mass is 856 g/mol. The van der Waals surface area contributed by atoms with Crippen LogP contribution in [0, 0.1) is 24.2 Å². The Morgan fingerprint density at radius 1 is 0.950 bits per heavy atom. The number of cyclic esters (lactones) is 2. The van der Waals surface area contributed by atoms with Crippen molar-refractivity contribution in [2.75, 3.05) is 20.6 Å². The maximum atomic E-state index is 14.2. The number of halogens is 1. The van der Waals surface area contributed by atoms with Gasteiger partial charge in [-0.3, -0.25) is 24.0 Å². The summed E-state index contributed by atoms with van der Waals surface area (Å²) in [6.07, 6.45) is 4.46. The number of carbonyl (C=O) groups is 7. The molecule has 0 fully saturated rings. The summed E-state index contributed by atoms with van der Waals surface area (Å²) in [4.78, 5) is 98.7. The summed E-state index contributed by atoms with van der Waals surface area (Å²) in [5.74, 6) is -5.29. The van der Waals surface area contributed by atoms with Crippen LogP contribution in [0.3, 0.4) is 0 Å². The van der Waals surface area contributed by atoms with Crippen molar-refractivity contribution in [2.24, 2.45) is 17.8 Å². The van der Waals surface area contributed by atoms with Gasteiger partial charge in [-0.15, -0.1) is 0 Å². The molecular weight excluding hydrogens is 790 g/mol. The Hall–Kier alpha value is -4.72. The molecule has 15 heteroatoms. The molecule has 333 valence electrons. The summed E-state index contributed by atoms with van der Waals surface area (Å²) in [6, 6.07) is 3.39. The fourth-order valence-electron chi connectivity index (χ4n) is 6.53. The Morgan fingerprint density at radius 2 is 1.57 bits per heavy atom. The van der Waals surface area contributed by atoms with Crippen LogP contribution in [-0.4, -0.2) is 108 Å². The lowest BCUT2D eigenvalue weighted by Crippen LogP contribution is -2.60. The minimum Gasteiger partial charge on any atom is -0.456 e. The maximum absolute atomic E-state index is 14.2. The largest absolute Gasteiger partial charge is 0.456 e. The van der Waals surface area contributed by atoms with E-state index in [2.05, 4.69) is 16.0 Å². The quantitative estimate of drug-likeness (QED) is 0.248. The molecule has 0 bridgehead atoms. The lowest BCUT2D eigenvalue weighted by atomic mass is 9.92. The second-order valence-electron chi connectivity index (χ2n) is 16.9. The van der Waals surface area contributed by atoms with Gasteiger partial charge in [-0.05, 0) is 95.9 Å². The van der Waals surface area contributed by atoms with Gasteiger partial charge in [0.05, 0.1) is 6.54 Å². The topological polar surface area (TPSA) is 181 Å². The van der Waals surface area contributed by atoms with Crippen molar-refractivity contribution in [3.63, 3.8) is 0 Å². The van der Waals surface area contributed by atoms with E-state index in [9.17, 15) is 33.6 Å². The van der Waals surface area contributed by atoms with E-state index in [4.69, 9.17) is 21.1 Å². The van der Waals surface area contributed by atoms with Crippen LogP contribution in [0.4, 0.5) is 0 Å². The number of amides is 5. The molecule has 1 radical (unpaired) electrons. The number of ether oxygens (including phenoxy) is 2. The average Bonchev–Trinajstić information content (AvgIpc) is 3.18. The molecule has 0 saturated heterocycles. The zero-order chi connectivity index (χ0) is 45.6. The normalized spacial score (nSPS) is 26.9. The Labute approximate surface area is 361 Å². The first-order valence-corrected chi connectivity index (χ1v) is 21.0. The fraction of sp³-hybridized carbons (Fsp3) is 0.600. The molecule has 3 N–H and O–H groups in total. The molecule has 1 aromatic carbocycles. The smallest absolute Gasteiger partial charge is 0.334 e. The van der Waals surface area contributed by atoms with Crippen LogP contribution >= 0.6 is 11.6 Å². The van der Waals surface area contributed by atoms with E-state index in [0.717, 1.165) is 10.5 Å². The van der Waals surface area contributed by atoms with E-state index in [1.807, 2.05) is 54.0 Å². The Kier molecular flexibility index (Phi) is 20.0. The third-order valence-corrected chi connectivity index (χ3v) is 11.0. The standard InChI is InChI=1S/C45H67ClN5O9/c1-14-27(5)37-40(54)49-45(10,11)44(58)60-38(28(6)15-2)29(7)17-16-18-30(8)43(57)59-35(23-26(3)4)39(53)47-31(9)41(55)51(13)34(24-32-19-21-33(46)22-20-32)42(56)50(12)25-36(52)48-37/h15,17-22,26-27,29,31,34-35,37-38H,14,16,23-25H2,1-13H3,(H,47,53)(H,48,52)(H,49,54)/b28-15+,30-18+/t27-,29+,31+,34-,35-,37+,38-/m1/s1. The number of hydrogen-bond donors (Lipinski definition) is 3. The van der Waals surface area contributed by atoms with E-state index >= 15 is 0 Å². The number of nitrogens with zero attached hydrogens (tertiary/aromatic N) is 2. The summed E-state index contributed by atoms with van der Waals surface area (Å²) in [6.45, 7) is 18.5. The Morgan fingerprint density at radius 3 is 2.13 bits per heavy atom. The van der Waals surface area contributed by atoms with Gasteiger partial charge in [0, 0.05) is 37.0 Å². The third-order valence-electron chi connectivity index (χ3n) is 10.8. The van der Waals surface area contributed by atoms with Gasteiger partial charge in [-0.2, -0.15) is 0 Å². The molecule has 1 aliphatic rings. The molecule has 60 heavy (non-hydrogen) atoms. The van der Waals surface area contributed by atoms with Gasteiger partial charge in [0.25, 0.3) is 5.91 Å². The van der Waals surface area contributed by atoms with E-state index < -0.39 is 83.9 Å². The first kappa shape index (κ1) is 51.4. The molecule has 1 aliphatic heterocycles. The lowest BCUT2D eigenvalue weighted by molar-refractivity contribution is -0.157. The number of hydrogen-bond acceptors (Lipinski definition) is 9. The number of benzene rings is 1. The van der Waals surface area contributed by atoms with E-state index in [-0.39, 0.29) is 36.2 Å². The third kappa shape index (κ3) is 15.1. The molecule has 0 aliphatic carbocycles. The number of esters is 2. The highest BCUT2D eigenvalue weighted by atomic mass is 35.5. The molecule has 7 atom stereocenters. The van der Waals surface area contributed by atoms with Crippen molar-refractivity contribution < 1.29 is 43.0 Å². The van der Waals surface area contributed by atoms with Gasteiger partial charge in [-0.1, -0.05) is 76.9 Å². The number of nitrogens with one attached hydrogen (secondary N) is 3. The van der Waals surface area contributed by atoms with Gasteiger partial charge < -0.3 is 35.2 Å². The van der Waals surface area contributed by atoms with E-state index in [1.165, 1.54) is 39.8 Å². The van der Waals surface area contributed by atoms with Gasteiger partial charge in [0.2, 0.25) is 23.6 Å². The van der Waals surface area contributed by atoms with Gasteiger partial charge in [0.15, 0.2) is 6.10 Å². The second kappa shape index (κ2) is 23.3. The molecular formula is C45H67ClN5O9. The molecule has 1 aromatic rings. The predicted octanol–water partition coefficient (Wildman–Crippen LogP) is 5.12. The highest BCUT2D eigenvalue weighted by molar-refractivity contribution is 6.30. The average molecular weight is 858 g/mol. The Bertz CT molecular complexity index is 1760. The molecule has 0 spiro atoms. The first-order chi connectivity index (χ1) is 27.9. The Balaban J connectivity index is 2.64. The molecule has 5 amide bonds. The minimum atomic E-state index is -1.51. The number of rotatable bonds is 7. The summed E-state index contributed by atoms with van der Waals surface area (Å²) in [5.41, 5.74) is 0.177. The van der Waals surface area contributed by atoms with Crippen molar-refractivity contribution in [2.45, 2.75) is 138 Å². The van der Waals surface area contributed by atoms with Crippen LogP contribution in [-0.2, 0) is 49.5 Å². The summed E-state index contributed by atoms with van der Waals surface area (Å²) >= 11 is 6.12. The second-order valence-corrected chi connectivity index (χ2v) is 17.3. The number of carbonyl (C=O) groups excluding carboxylic acids is 7. The summed E-state index contributed by atoms with van der Waals surface area (Å²) in [5, 5.41) is 8.67. The molecule has 14 nitrogen and oxygen atoms in total. The van der Waals surface area contributed by atoms with Crippen LogP contribution in [0.5, 0.6) is 0 Å². The molecule has 2 rings (SSSR count). The van der Waals surface area contributed by atoms with Crippen molar-refractivity contribution in [3.8, 4) is 0 Å². The van der Waals surface area contributed by atoms with Crippen molar-refractivity contribution in [3.05, 3.63) is 64.6 Å². The van der Waals surface area contributed by atoms with Crippen molar-refractivity contribution >= 4 is 53.1 Å². The van der Waals surface area contributed by atoms with Crippen LogP contribution in [0.15, 0.2) is 47.6 Å². The predicted molar refractivity (Wildman–Crippen MR) is 231 cm³/mol. The van der Waals surface area contributed by atoms with Crippen LogP contribution in [0.25, 0.3) is 0 Å². The van der Waals surface area contributed by atoms with Crippen LogP contribution in [0.1, 0.15) is 101 Å². The van der Waals surface area contributed by atoms with Crippen molar-refractivity contribution in [1.29, 1.82) is 0 Å².